The maximum atomic E-state index is 3.77. The van der Waals surface area contributed by atoms with E-state index >= 15 is 0 Å². The molecule has 114 valence electrons. The van der Waals surface area contributed by atoms with E-state index in [0.717, 1.165) is 30.3 Å². The normalized spacial score (nSPS) is 29.7. The van der Waals surface area contributed by atoms with Crippen molar-refractivity contribution in [3.05, 3.63) is 0 Å². The molecule has 0 heterocycles. The van der Waals surface area contributed by atoms with Crippen LogP contribution in [0.4, 0.5) is 0 Å². The molecule has 0 amide bonds. The van der Waals surface area contributed by atoms with Gasteiger partial charge in [0.05, 0.1) is 0 Å². The highest BCUT2D eigenvalue weighted by Gasteiger charge is 2.29. The molecule has 1 saturated carbocycles. The van der Waals surface area contributed by atoms with Crippen LogP contribution in [0.5, 0.6) is 0 Å². The van der Waals surface area contributed by atoms with Gasteiger partial charge in [-0.2, -0.15) is 0 Å². The second kappa shape index (κ2) is 8.97. The first-order chi connectivity index (χ1) is 9.10. The fourth-order valence-corrected chi connectivity index (χ4v) is 3.97. The van der Waals surface area contributed by atoms with Crippen LogP contribution in [0.2, 0.25) is 0 Å². The van der Waals surface area contributed by atoms with E-state index in [1.165, 1.54) is 45.3 Å². The van der Waals surface area contributed by atoms with Gasteiger partial charge in [-0.3, -0.25) is 0 Å². The third-order valence-corrected chi connectivity index (χ3v) is 4.90. The van der Waals surface area contributed by atoms with Crippen LogP contribution >= 0.6 is 0 Å². The zero-order valence-corrected chi connectivity index (χ0v) is 13.9. The Morgan fingerprint density at radius 3 is 2.05 bits per heavy atom. The van der Waals surface area contributed by atoms with Crippen LogP contribution in [-0.4, -0.2) is 37.1 Å². The first-order valence-corrected chi connectivity index (χ1v) is 8.56. The Bertz CT molecular complexity index is 215. The molecule has 0 aromatic rings. The summed E-state index contributed by atoms with van der Waals surface area (Å²) in [5.41, 5.74) is 0. The molecule has 0 aromatic carbocycles. The van der Waals surface area contributed by atoms with Gasteiger partial charge in [-0.25, -0.2) is 0 Å². The summed E-state index contributed by atoms with van der Waals surface area (Å²) >= 11 is 0. The standard InChI is InChI=1S/C17H36N2/c1-6-18-17(9-10-19(7-2)8-3)16-12-14(4)11-15(5)13-16/h14-18H,6-13H2,1-5H3. The molecule has 0 bridgehead atoms. The topological polar surface area (TPSA) is 15.3 Å². The number of rotatable bonds is 8. The van der Waals surface area contributed by atoms with Gasteiger partial charge in [0, 0.05) is 6.04 Å². The lowest BCUT2D eigenvalue weighted by Gasteiger charge is -2.37. The zero-order valence-electron chi connectivity index (χ0n) is 13.9. The van der Waals surface area contributed by atoms with Crippen molar-refractivity contribution in [1.82, 2.24) is 10.2 Å². The van der Waals surface area contributed by atoms with Crippen LogP contribution in [0.1, 0.15) is 60.3 Å². The van der Waals surface area contributed by atoms with Crippen molar-refractivity contribution in [1.29, 1.82) is 0 Å². The van der Waals surface area contributed by atoms with E-state index in [1.54, 1.807) is 0 Å². The number of hydrogen-bond acceptors (Lipinski definition) is 2. The first kappa shape index (κ1) is 17.0. The van der Waals surface area contributed by atoms with E-state index in [1.807, 2.05) is 0 Å². The summed E-state index contributed by atoms with van der Waals surface area (Å²) in [4.78, 5) is 2.56. The van der Waals surface area contributed by atoms with Crippen molar-refractivity contribution in [2.45, 2.75) is 66.3 Å². The summed E-state index contributed by atoms with van der Waals surface area (Å²) in [6.45, 7) is 16.4. The zero-order chi connectivity index (χ0) is 14.3. The predicted octanol–water partition coefficient (Wildman–Crippen LogP) is 3.77. The molecular weight excluding hydrogens is 232 g/mol. The van der Waals surface area contributed by atoms with Crippen molar-refractivity contribution < 1.29 is 0 Å². The van der Waals surface area contributed by atoms with E-state index in [-0.39, 0.29) is 0 Å². The highest BCUT2D eigenvalue weighted by molar-refractivity contribution is 4.84. The molecule has 1 rings (SSSR count). The Hall–Kier alpha value is -0.0800. The van der Waals surface area contributed by atoms with Gasteiger partial charge in [-0.05, 0) is 69.6 Å². The van der Waals surface area contributed by atoms with Crippen LogP contribution in [0.15, 0.2) is 0 Å². The SMILES string of the molecule is CCNC(CCN(CC)CC)C1CC(C)CC(C)C1. The minimum atomic E-state index is 0.732. The van der Waals surface area contributed by atoms with Gasteiger partial charge in [0.2, 0.25) is 0 Å². The van der Waals surface area contributed by atoms with E-state index in [0.29, 0.717) is 0 Å². The summed E-state index contributed by atoms with van der Waals surface area (Å²) in [6.07, 6.45) is 5.62. The predicted molar refractivity (Wildman–Crippen MR) is 85.5 cm³/mol. The molecule has 1 aliphatic rings. The highest BCUT2D eigenvalue weighted by atomic mass is 15.1. The summed E-state index contributed by atoms with van der Waals surface area (Å²) in [6, 6.07) is 0.732. The minimum Gasteiger partial charge on any atom is -0.314 e. The third-order valence-electron chi connectivity index (χ3n) is 4.90. The lowest BCUT2D eigenvalue weighted by Crippen LogP contribution is -2.42. The second-order valence-corrected chi connectivity index (χ2v) is 6.66. The molecule has 0 aromatic heterocycles. The average molecular weight is 268 g/mol. The summed E-state index contributed by atoms with van der Waals surface area (Å²) < 4.78 is 0. The fourth-order valence-electron chi connectivity index (χ4n) is 3.97. The van der Waals surface area contributed by atoms with E-state index in [9.17, 15) is 0 Å². The second-order valence-electron chi connectivity index (χ2n) is 6.66. The summed E-state index contributed by atoms with van der Waals surface area (Å²) in [5.74, 6) is 2.74. The molecule has 0 aliphatic heterocycles. The molecule has 2 nitrogen and oxygen atoms in total. The molecule has 0 radical (unpaired) electrons. The van der Waals surface area contributed by atoms with E-state index < -0.39 is 0 Å². The Labute approximate surface area is 121 Å². The molecule has 0 saturated heterocycles. The quantitative estimate of drug-likeness (QED) is 0.721. The van der Waals surface area contributed by atoms with Gasteiger partial charge in [0.25, 0.3) is 0 Å². The molecular formula is C17H36N2. The van der Waals surface area contributed by atoms with Crippen molar-refractivity contribution >= 4 is 0 Å². The first-order valence-electron chi connectivity index (χ1n) is 8.56. The van der Waals surface area contributed by atoms with Gasteiger partial charge >= 0.3 is 0 Å². The average Bonchev–Trinajstić information content (AvgIpc) is 2.37. The van der Waals surface area contributed by atoms with Gasteiger partial charge in [0.1, 0.15) is 0 Å². The summed E-state index contributed by atoms with van der Waals surface area (Å²) in [5, 5.41) is 3.77. The van der Waals surface area contributed by atoms with Crippen LogP contribution in [-0.2, 0) is 0 Å². The van der Waals surface area contributed by atoms with Gasteiger partial charge in [-0.1, -0.05) is 34.6 Å². The highest BCUT2D eigenvalue weighted by Crippen LogP contribution is 2.35. The maximum Gasteiger partial charge on any atom is 0.0108 e. The monoisotopic (exact) mass is 268 g/mol. The van der Waals surface area contributed by atoms with Crippen LogP contribution < -0.4 is 5.32 Å². The molecule has 0 spiro atoms. The smallest absolute Gasteiger partial charge is 0.0108 e. The van der Waals surface area contributed by atoms with Crippen molar-refractivity contribution in [2.24, 2.45) is 17.8 Å². The Morgan fingerprint density at radius 2 is 1.58 bits per heavy atom. The van der Waals surface area contributed by atoms with Gasteiger partial charge in [0.15, 0.2) is 0 Å². The fraction of sp³-hybridized carbons (Fsp3) is 1.00. The molecule has 3 unspecified atom stereocenters. The lowest BCUT2D eigenvalue weighted by atomic mass is 9.73. The Kier molecular flexibility index (Phi) is 8.01. The van der Waals surface area contributed by atoms with Crippen molar-refractivity contribution in [3.63, 3.8) is 0 Å². The Morgan fingerprint density at radius 1 is 1.00 bits per heavy atom. The molecule has 3 atom stereocenters. The van der Waals surface area contributed by atoms with Crippen LogP contribution in [0, 0.1) is 17.8 Å². The van der Waals surface area contributed by atoms with Gasteiger partial charge < -0.3 is 10.2 Å². The molecule has 1 aliphatic carbocycles. The number of hydrogen-bond donors (Lipinski definition) is 1. The number of nitrogens with one attached hydrogen (secondary N) is 1. The van der Waals surface area contributed by atoms with E-state index in [4.69, 9.17) is 0 Å². The molecule has 1 fully saturated rings. The van der Waals surface area contributed by atoms with Crippen LogP contribution in [0.3, 0.4) is 0 Å². The minimum absolute atomic E-state index is 0.732. The Balaban J connectivity index is 2.50. The summed E-state index contributed by atoms with van der Waals surface area (Å²) in [7, 11) is 0. The molecule has 1 N–H and O–H groups in total. The van der Waals surface area contributed by atoms with Crippen molar-refractivity contribution in [2.75, 3.05) is 26.2 Å². The van der Waals surface area contributed by atoms with Crippen molar-refractivity contribution in [3.8, 4) is 0 Å². The molecule has 2 heteroatoms. The third kappa shape index (κ3) is 5.83. The van der Waals surface area contributed by atoms with E-state index in [2.05, 4.69) is 44.8 Å². The molecule has 19 heavy (non-hydrogen) atoms. The van der Waals surface area contributed by atoms with Crippen LogP contribution in [0.25, 0.3) is 0 Å². The maximum absolute atomic E-state index is 3.77. The lowest BCUT2D eigenvalue weighted by molar-refractivity contribution is 0.161. The van der Waals surface area contributed by atoms with Gasteiger partial charge in [-0.15, -0.1) is 0 Å². The number of nitrogens with zero attached hydrogens (tertiary/aromatic N) is 1. The largest absolute Gasteiger partial charge is 0.314 e.